The molecule has 0 N–H and O–H groups in total. The van der Waals surface area contributed by atoms with Crippen LogP contribution in [0.3, 0.4) is 0 Å². The fraction of sp³-hybridized carbons (Fsp3) is 0.588. The smallest absolute Gasteiger partial charge is 0.0949 e. The first-order chi connectivity index (χ1) is 10.8. The number of aryl methyl sites for hydroxylation is 1. The van der Waals surface area contributed by atoms with Gasteiger partial charge in [-0.3, -0.25) is 4.90 Å². The minimum Gasteiger partial charge on any atom is -0.472 e. The second kappa shape index (κ2) is 5.89. The molecule has 0 aromatic carbocycles. The van der Waals surface area contributed by atoms with Gasteiger partial charge in [0.1, 0.15) is 0 Å². The Kier molecular flexibility index (Phi) is 3.76. The van der Waals surface area contributed by atoms with Crippen LogP contribution in [-0.4, -0.2) is 34.2 Å². The van der Waals surface area contributed by atoms with Crippen LogP contribution < -0.4 is 0 Å². The standard InChI is InChI=1S/C17H23N3O2/c1-19-12-18-16-8-20(6-14-4-5-21-10-14)7-15(17(16)19)11-22-9-13-2-3-13/h4-5,10,12-13,15H,2-3,6-9,11H2,1H3. The molecule has 0 spiro atoms. The lowest BCUT2D eigenvalue weighted by Crippen LogP contribution is -2.36. The number of furan rings is 1. The van der Waals surface area contributed by atoms with Gasteiger partial charge in [0.05, 0.1) is 31.2 Å². The Morgan fingerprint density at radius 2 is 2.27 bits per heavy atom. The summed E-state index contributed by atoms with van der Waals surface area (Å²) in [5.41, 5.74) is 3.76. The van der Waals surface area contributed by atoms with Gasteiger partial charge in [0.25, 0.3) is 0 Å². The molecule has 1 unspecified atom stereocenters. The normalized spacial score (nSPS) is 22.0. The topological polar surface area (TPSA) is 43.4 Å². The lowest BCUT2D eigenvalue weighted by atomic mass is 9.98. The van der Waals surface area contributed by atoms with Crippen molar-refractivity contribution in [1.29, 1.82) is 0 Å². The van der Waals surface area contributed by atoms with Crippen molar-refractivity contribution in [2.75, 3.05) is 19.8 Å². The zero-order valence-corrected chi connectivity index (χ0v) is 13.1. The van der Waals surface area contributed by atoms with Crippen molar-refractivity contribution in [3.63, 3.8) is 0 Å². The first kappa shape index (κ1) is 14.0. The van der Waals surface area contributed by atoms with Crippen molar-refractivity contribution in [3.05, 3.63) is 41.9 Å². The molecule has 1 fully saturated rings. The molecule has 118 valence electrons. The molecule has 4 rings (SSSR count). The molecule has 2 aliphatic rings. The Labute approximate surface area is 130 Å². The minimum absolute atomic E-state index is 0.405. The summed E-state index contributed by atoms with van der Waals surface area (Å²) in [6, 6.07) is 2.03. The third-order valence-corrected chi connectivity index (χ3v) is 4.66. The van der Waals surface area contributed by atoms with Crippen molar-refractivity contribution >= 4 is 0 Å². The Balaban J connectivity index is 1.46. The maximum Gasteiger partial charge on any atom is 0.0949 e. The van der Waals surface area contributed by atoms with Crippen molar-refractivity contribution in [3.8, 4) is 0 Å². The SMILES string of the molecule is Cn1cnc2c1C(COCC1CC1)CN(Cc1ccoc1)C2. The zero-order chi connectivity index (χ0) is 14.9. The Morgan fingerprint density at radius 3 is 3.05 bits per heavy atom. The highest BCUT2D eigenvalue weighted by Gasteiger charge is 2.30. The first-order valence-electron chi connectivity index (χ1n) is 8.11. The third-order valence-electron chi connectivity index (χ3n) is 4.66. The summed E-state index contributed by atoms with van der Waals surface area (Å²) >= 11 is 0. The molecule has 1 aliphatic carbocycles. The van der Waals surface area contributed by atoms with Crippen molar-refractivity contribution < 1.29 is 9.15 Å². The number of aromatic nitrogens is 2. The predicted molar refractivity (Wildman–Crippen MR) is 82.3 cm³/mol. The van der Waals surface area contributed by atoms with Gasteiger partial charge in [-0.25, -0.2) is 4.98 Å². The summed E-state index contributed by atoms with van der Waals surface area (Å²) in [4.78, 5) is 7.02. The van der Waals surface area contributed by atoms with Crippen LogP contribution in [0.15, 0.2) is 29.3 Å². The van der Waals surface area contributed by atoms with Crippen molar-refractivity contribution in [1.82, 2.24) is 14.5 Å². The molecule has 5 nitrogen and oxygen atoms in total. The van der Waals surface area contributed by atoms with Gasteiger partial charge < -0.3 is 13.7 Å². The van der Waals surface area contributed by atoms with Gasteiger partial charge in [0.2, 0.25) is 0 Å². The largest absolute Gasteiger partial charge is 0.472 e. The highest BCUT2D eigenvalue weighted by atomic mass is 16.5. The van der Waals surface area contributed by atoms with Crippen LogP contribution in [0.25, 0.3) is 0 Å². The fourth-order valence-electron chi connectivity index (χ4n) is 3.36. The van der Waals surface area contributed by atoms with Crippen molar-refractivity contribution in [2.45, 2.75) is 31.8 Å². The summed E-state index contributed by atoms with van der Waals surface area (Å²) in [5.74, 6) is 1.22. The van der Waals surface area contributed by atoms with Gasteiger partial charge in [0.15, 0.2) is 0 Å². The summed E-state index contributed by atoms with van der Waals surface area (Å²) in [6.07, 6.45) is 8.18. The lowest BCUT2D eigenvalue weighted by molar-refractivity contribution is 0.0867. The molecule has 0 amide bonds. The molecule has 22 heavy (non-hydrogen) atoms. The maximum atomic E-state index is 5.98. The van der Waals surface area contributed by atoms with Gasteiger partial charge in [-0.15, -0.1) is 0 Å². The molecule has 0 bridgehead atoms. The first-order valence-corrected chi connectivity index (χ1v) is 8.11. The molecule has 1 aliphatic heterocycles. The molecule has 1 saturated carbocycles. The molecule has 0 saturated heterocycles. The highest BCUT2D eigenvalue weighted by Crippen LogP contribution is 2.31. The maximum absolute atomic E-state index is 5.98. The number of imidazole rings is 1. The monoisotopic (exact) mass is 301 g/mol. The fourth-order valence-corrected chi connectivity index (χ4v) is 3.36. The van der Waals surface area contributed by atoms with E-state index in [0.29, 0.717) is 5.92 Å². The van der Waals surface area contributed by atoms with Crippen LogP contribution in [0.5, 0.6) is 0 Å². The molecule has 0 radical (unpaired) electrons. The van der Waals surface area contributed by atoms with E-state index in [1.54, 1.807) is 6.26 Å². The van der Waals surface area contributed by atoms with E-state index in [1.807, 2.05) is 18.7 Å². The van der Waals surface area contributed by atoms with E-state index in [1.165, 1.54) is 29.8 Å². The second-order valence-corrected chi connectivity index (χ2v) is 6.67. The Bertz CT molecular complexity index is 616. The van der Waals surface area contributed by atoms with E-state index in [9.17, 15) is 0 Å². The van der Waals surface area contributed by atoms with Crippen LogP contribution in [-0.2, 0) is 24.9 Å². The summed E-state index contributed by atoms with van der Waals surface area (Å²) in [7, 11) is 2.09. The summed E-state index contributed by atoms with van der Waals surface area (Å²) in [6.45, 7) is 4.55. The molecule has 2 aromatic heterocycles. The van der Waals surface area contributed by atoms with E-state index in [2.05, 4.69) is 21.5 Å². The Hall–Kier alpha value is -1.59. The second-order valence-electron chi connectivity index (χ2n) is 6.67. The van der Waals surface area contributed by atoms with E-state index in [0.717, 1.165) is 38.8 Å². The third kappa shape index (κ3) is 2.96. The molecular weight excluding hydrogens is 278 g/mol. The Morgan fingerprint density at radius 1 is 1.36 bits per heavy atom. The van der Waals surface area contributed by atoms with Crippen LogP contribution >= 0.6 is 0 Å². The van der Waals surface area contributed by atoms with Crippen molar-refractivity contribution in [2.24, 2.45) is 13.0 Å². The van der Waals surface area contributed by atoms with Gasteiger partial charge in [-0.2, -0.15) is 0 Å². The van der Waals surface area contributed by atoms with Crippen LogP contribution in [0.1, 0.15) is 35.7 Å². The zero-order valence-electron chi connectivity index (χ0n) is 13.1. The average Bonchev–Trinajstić information content (AvgIpc) is 3.04. The minimum atomic E-state index is 0.405. The van der Waals surface area contributed by atoms with E-state index < -0.39 is 0 Å². The van der Waals surface area contributed by atoms with Gasteiger partial charge in [-0.1, -0.05) is 0 Å². The van der Waals surface area contributed by atoms with E-state index in [-0.39, 0.29) is 0 Å². The van der Waals surface area contributed by atoms with E-state index >= 15 is 0 Å². The van der Waals surface area contributed by atoms with Gasteiger partial charge in [0, 0.05) is 50.5 Å². The molecule has 1 atom stereocenters. The molecule has 3 heterocycles. The number of nitrogens with zero attached hydrogens (tertiary/aromatic N) is 3. The molecular formula is C17H23N3O2. The van der Waals surface area contributed by atoms with E-state index in [4.69, 9.17) is 9.15 Å². The molecule has 2 aromatic rings. The summed E-state index contributed by atoms with van der Waals surface area (Å²) < 4.78 is 13.3. The van der Waals surface area contributed by atoms with Gasteiger partial charge >= 0.3 is 0 Å². The number of hydrogen-bond donors (Lipinski definition) is 0. The summed E-state index contributed by atoms with van der Waals surface area (Å²) in [5, 5.41) is 0. The quantitative estimate of drug-likeness (QED) is 0.822. The number of ether oxygens (including phenoxy) is 1. The number of rotatable bonds is 6. The highest BCUT2D eigenvalue weighted by molar-refractivity contribution is 5.22. The van der Waals surface area contributed by atoms with Crippen LogP contribution in [0, 0.1) is 5.92 Å². The average molecular weight is 301 g/mol. The predicted octanol–water partition coefficient (Wildman–Crippen LogP) is 2.54. The lowest BCUT2D eigenvalue weighted by Gasteiger charge is -2.32. The number of fused-ring (bicyclic) bond motifs is 1. The molecule has 5 heteroatoms. The van der Waals surface area contributed by atoms with Crippen LogP contribution in [0.2, 0.25) is 0 Å². The van der Waals surface area contributed by atoms with Crippen LogP contribution in [0.4, 0.5) is 0 Å². The van der Waals surface area contributed by atoms with Gasteiger partial charge in [-0.05, 0) is 24.8 Å². The number of hydrogen-bond acceptors (Lipinski definition) is 4.